The second-order valence-corrected chi connectivity index (χ2v) is 5.28. The van der Waals surface area contributed by atoms with E-state index in [0.29, 0.717) is 6.54 Å². The number of aromatic amines is 1. The minimum atomic E-state index is 0.461. The fourth-order valence-electron chi connectivity index (χ4n) is 1.87. The van der Waals surface area contributed by atoms with E-state index < -0.39 is 0 Å². The molecule has 0 unspecified atom stereocenters. The van der Waals surface area contributed by atoms with E-state index in [9.17, 15) is 0 Å². The average molecular weight is 259 g/mol. The number of imidazole rings is 1. The first kappa shape index (κ1) is 11.3. The molecule has 6 heteroatoms. The van der Waals surface area contributed by atoms with Crippen molar-refractivity contribution in [2.45, 2.75) is 20.4 Å². The van der Waals surface area contributed by atoms with Crippen LogP contribution in [0.1, 0.15) is 16.3 Å². The summed E-state index contributed by atoms with van der Waals surface area (Å²) in [6.45, 7) is 4.44. The lowest BCUT2D eigenvalue weighted by atomic mass is 10.3. The predicted octanol–water partition coefficient (Wildman–Crippen LogP) is 2.16. The summed E-state index contributed by atoms with van der Waals surface area (Å²) in [5, 5.41) is 0.923. The van der Waals surface area contributed by atoms with Crippen molar-refractivity contribution in [1.29, 1.82) is 0 Å². The Bertz CT molecular complexity index is 712. The fraction of sp³-hybridized carbons (Fsp3) is 0.250. The van der Waals surface area contributed by atoms with Crippen LogP contribution in [-0.4, -0.2) is 19.9 Å². The number of rotatable bonds is 2. The van der Waals surface area contributed by atoms with Gasteiger partial charge < -0.3 is 10.7 Å². The Morgan fingerprint density at radius 2 is 2.17 bits per heavy atom. The molecular weight excluding hydrogens is 246 g/mol. The van der Waals surface area contributed by atoms with Crippen LogP contribution in [0.15, 0.2) is 12.3 Å². The lowest BCUT2D eigenvalue weighted by molar-refractivity contribution is 1.02. The number of H-pyrrole nitrogens is 1. The number of aryl methyl sites for hydroxylation is 2. The SMILES string of the molecule is Cc1cnc2nc(-c3sc(CN)nc3C)[nH]c2c1. The first-order chi connectivity index (χ1) is 8.67. The monoisotopic (exact) mass is 259 g/mol. The Kier molecular flexibility index (Phi) is 2.61. The topological polar surface area (TPSA) is 80.5 Å². The molecule has 3 rings (SSSR count). The number of hydrogen-bond acceptors (Lipinski definition) is 5. The van der Waals surface area contributed by atoms with Gasteiger partial charge in [-0.25, -0.2) is 15.0 Å². The van der Waals surface area contributed by atoms with Gasteiger partial charge in [-0.15, -0.1) is 11.3 Å². The van der Waals surface area contributed by atoms with Crippen molar-refractivity contribution < 1.29 is 0 Å². The Hall–Kier alpha value is -1.79. The summed E-state index contributed by atoms with van der Waals surface area (Å²) in [5.41, 5.74) is 9.36. The summed E-state index contributed by atoms with van der Waals surface area (Å²) in [6, 6.07) is 2.04. The molecule has 0 aliphatic heterocycles. The number of thiazole rings is 1. The number of nitrogens with zero attached hydrogens (tertiary/aromatic N) is 3. The van der Waals surface area contributed by atoms with Crippen molar-refractivity contribution in [3.8, 4) is 10.7 Å². The Morgan fingerprint density at radius 1 is 1.33 bits per heavy atom. The van der Waals surface area contributed by atoms with Gasteiger partial charge in [-0.05, 0) is 25.5 Å². The molecule has 0 fully saturated rings. The number of hydrogen-bond donors (Lipinski definition) is 2. The molecule has 0 atom stereocenters. The molecule has 3 heterocycles. The normalized spacial score (nSPS) is 11.3. The molecular formula is C12H13N5S. The smallest absolute Gasteiger partial charge is 0.178 e. The van der Waals surface area contributed by atoms with Crippen LogP contribution >= 0.6 is 11.3 Å². The van der Waals surface area contributed by atoms with Crippen LogP contribution < -0.4 is 5.73 Å². The minimum Gasteiger partial charge on any atom is -0.336 e. The lowest BCUT2D eigenvalue weighted by Crippen LogP contribution is -1.94. The van der Waals surface area contributed by atoms with Gasteiger partial charge in [0.25, 0.3) is 0 Å². The van der Waals surface area contributed by atoms with Gasteiger partial charge in [0.15, 0.2) is 11.5 Å². The van der Waals surface area contributed by atoms with E-state index in [1.165, 1.54) is 0 Å². The van der Waals surface area contributed by atoms with Gasteiger partial charge in [0, 0.05) is 12.7 Å². The van der Waals surface area contributed by atoms with Crippen molar-refractivity contribution in [2.75, 3.05) is 0 Å². The molecule has 3 N–H and O–H groups in total. The Balaban J connectivity index is 2.15. The molecule has 0 saturated carbocycles. The van der Waals surface area contributed by atoms with Gasteiger partial charge in [-0.1, -0.05) is 0 Å². The largest absolute Gasteiger partial charge is 0.336 e. The summed E-state index contributed by atoms with van der Waals surface area (Å²) in [5.74, 6) is 0.817. The van der Waals surface area contributed by atoms with Gasteiger partial charge >= 0.3 is 0 Å². The van der Waals surface area contributed by atoms with Crippen LogP contribution in [0.5, 0.6) is 0 Å². The highest BCUT2D eigenvalue weighted by molar-refractivity contribution is 7.15. The van der Waals surface area contributed by atoms with Crippen LogP contribution in [0.3, 0.4) is 0 Å². The van der Waals surface area contributed by atoms with Gasteiger partial charge in [-0.3, -0.25) is 0 Å². The predicted molar refractivity (Wildman–Crippen MR) is 72.4 cm³/mol. The second-order valence-electron chi connectivity index (χ2n) is 4.20. The molecule has 0 bridgehead atoms. The summed E-state index contributed by atoms with van der Waals surface area (Å²) in [7, 11) is 0. The van der Waals surface area contributed by atoms with Gasteiger partial charge in [0.2, 0.25) is 0 Å². The van der Waals surface area contributed by atoms with E-state index in [1.807, 2.05) is 26.1 Å². The maximum Gasteiger partial charge on any atom is 0.178 e. The van der Waals surface area contributed by atoms with Gasteiger partial charge in [0.05, 0.1) is 16.1 Å². The molecule has 0 spiro atoms. The quantitative estimate of drug-likeness (QED) is 0.739. The van der Waals surface area contributed by atoms with E-state index in [-0.39, 0.29) is 0 Å². The summed E-state index contributed by atoms with van der Waals surface area (Å²) in [6.07, 6.45) is 1.82. The number of nitrogens with two attached hydrogens (primary N) is 1. The van der Waals surface area contributed by atoms with Gasteiger partial charge in [0.1, 0.15) is 5.01 Å². The zero-order chi connectivity index (χ0) is 12.7. The fourth-order valence-corrected chi connectivity index (χ4v) is 2.76. The molecule has 18 heavy (non-hydrogen) atoms. The maximum atomic E-state index is 5.61. The molecule has 92 valence electrons. The van der Waals surface area contributed by atoms with Crippen molar-refractivity contribution in [1.82, 2.24) is 19.9 Å². The number of fused-ring (bicyclic) bond motifs is 1. The number of nitrogens with one attached hydrogen (secondary N) is 1. The number of aromatic nitrogens is 4. The zero-order valence-electron chi connectivity index (χ0n) is 10.2. The highest BCUT2D eigenvalue weighted by atomic mass is 32.1. The van der Waals surface area contributed by atoms with E-state index >= 15 is 0 Å². The van der Waals surface area contributed by atoms with Crippen LogP contribution in [0.2, 0.25) is 0 Å². The molecule has 0 aliphatic carbocycles. The van der Waals surface area contributed by atoms with Crippen molar-refractivity contribution in [2.24, 2.45) is 5.73 Å². The second kappa shape index (κ2) is 4.15. The molecule has 5 nitrogen and oxygen atoms in total. The summed E-state index contributed by atoms with van der Waals surface area (Å²) >= 11 is 1.57. The minimum absolute atomic E-state index is 0.461. The molecule has 0 radical (unpaired) electrons. The van der Waals surface area contributed by atoms with Gasteiger partial charge in [-0.2, -0.15) is 0 Å². The maximum absolute atomic E-state index is 5.61. The third-order valence-corrected chi connectivity index (χ3v) is 3.89. The molecule has 0 aliphatic rings. The van der Waals surface area contributed by atoms with Crippen LogP contribution in [0.4, 0.5) is 0 Å². The third kappa shape index (κ3) is 1.79. The van der Waals surface area contributed by atoms with E-state index in [2.05, 4.69) is 19.9 Å². The van der Waals surface area contributed by atoms with Crippen LogP contribution in [-0.2, 0) is 6.54 Å². The molecule has 3 aromatic heterocycles. The van der Waals surface area contributed by atoms with Crippen LogP contribution in [0.25, 0.3) is 21.9 Å². The summed E-state index contributed by atoms with van der Waals surface area (Å²) < 4.78 is 0. The van der Waals surface area contributed by atoms with Crippen molar-refractivity contribution in [3.63, 3.8) is 0 Å². The molecule has 0 aromatic carbocycles. The Labute approximate surface area is 108 Å². The lowest BCUT2D eigenvalue weighted by Gasteiger charge is -1.90. The average Bonchev–Trinajstić information content (AvgIpc) is 2.91. The molecule has 3 aromatic rings. The Morgan fingerprint density at radius 3 is 2.89 bits per heavy atom. The number of pyridine rings is 1. The van der Waals surface area contributed by atoms with E-state index in [1.54, 1.807) is 11.3 Å². The highest BCUT2D eigenvalue weighted by Crippen LogP contribution is 2.28. The molecule has 0 amide bonds. The first-order valence-electron chi connectivity index (χ1n) is 5.66. The molecule has 0 saturated heterocycles. The highest BCUT2D eigenvalue weighted by Gasteiger charge is 2.13. The van der Waals surface area contributed by atoms with Crippen molar-refractivity contribution in [3.05, 3.63) is 28.5 Å². The third-order valence-electron chi connectivity index (χ3n) is 2.70. The zero-order valence-corrected chi connectivity index (χ0v) is 11.0. The van der Waals surface area contributed by atoms with E-state index in [4.69, 9.17) is 5.73 Å². The summed E-state index contributed by atoms with van der Waals surface area (Å²) in [4.78, 5) is 17.5. The van der Waals surface area contributed by atoms with Crippen LogP contribution in [0, 0.1) is 13.8 Å². The standard InChI is InChI=1S/C12H13N5S/c1-6-3-8-11(14-5-6)17-12(16-8)10-7(2)15-9(4-13)18-10/h3,5H,4,13H2,1-2H3,(H,14,16,17). The van der Waals surface area contributed by atoms with Crippen molar-refractivity contribution >= 4 is 22.5 Å². The first-order valence-corrected chi connectivity index (χ1v) is 6.48. The van der Waals surface area contributed by atoms with E-state index in [0.717, 1.165) is 38.1 Å².